The quantitative estimate of drug-likeness (QED) is 0.524. The lowest BCUT2D eigenvalue weighted by Gasteiger charge is -2.31. The fourth-order valence-electron chi connectivity index (χ4n) is 2.27. The Morgan fingerprint density at radius 2 is 1.55 bits per heavy atom. The van der Waals surface area contributed by atoms with Crippen molar-refractivity contribution in [1.82, 2.24) is 0 Å². The van der Waals surface area contributed by atoms with Crippen LogP contribution in [-0.2, 0) is 9.59 Å². The first-order valence-electron chi connectivity index (χ1n) is 4.33. The van der Waals surface area contributed by atoms with E-state index < -0.39 is 0 Å². The van der Waals surface area contributed by atoms with E-state index in [4.69, 9.17) is 0 Å². The first-order chi connectivity index (χ1) is 5.27. The molecule has 60 valence electrons. The Hall–Kier alpha value is -0.660. The fraction of sp³-hybridized carbons (Fsp3) is 0.778. The average Bonchev–Trinajstić information content (AvgIpc) is 1.92. The summed E-state index contributed by atoms with van der Waals surface area (Å²) in [6, 6.07) is 0. The topological polar surface area (TPSA) is 34.1 Å². The molecule has 0 aromatic heterocycles. The second-order valence-corrected chi connectivity index (χ2v) is 3.67. The highest BCUT2D eigenvalue weighted by atomic mass is 16.1. The van der Waals surface area contributed by atoms with Crippen LogP contribution in [-0.4, -0.2) is 11.6 Å². The van der Waals surface area contributed by atoms with Gasteiger partial charge in [0.2, 0.25) is 0 Å². The molecule has 2 heteroatoms. The van der Waals surface area contributed by atoms with Crippen LogP contribution in [0.15, 0.2) is 0 Å². The summed E-state index contributed by atoms with van der Waals surface area (Å²) in [5.41, 5.74) is 0. The summed E-state index contributed by atoms with van der Waals surface area (Å²) in [4.78, 5) is 22.5. The number of hydrogen-bond acceptors (Lipinski definition) is 2. The van der Waals surface area contributed by atoms with Crippen molar-refractivity contribution in [3.05, 3.63) is 0 Å². The highest BCUT2D eigenvalue weighted by Gasteiger charge is 2.37. The Morgan fingerprint density at radius 1 is 1.00 bits per heavy atom. The molecule has 2 saturated carbocycles. The third-order valence-electron chi connectivity index (χ3n) is 2.86. The van der Waals surface area contributed by atoms with Gasteiger partial charge < -0.3 is 0 Å². The van der Waals surface area contributed by atoms with Gasteiger partial charge in [0.05, 0.1) is 0 Å². The van der Waals surface area contributed by atoms with Crippen molar-refractivity contribution in [3.63, 3.8) is 0 Å². The maximum Gasteiger partial charge on any atom is 0.139 e. The van der Waals surface area contributed by atoms with Crippen molar-refractivity contribution in [1.29, 1.82) is 0 Å². The van der Waals surface area contributed by atoms with Gasteiger partial charge in [0, 0.05) is 24.7 Å². The van der Waals surface area contributed by atoms with Gasteiger partial charge in [-0.05, 0) is 12.8 Å². The predicted octanol–water partition coefficient (Wildman–Crippen LogP) is 1.33. The molecule has 11 heavy (non-hydrogen) atoms. The van der Waals surface area contributed by atoms with Gasteiger partial charge in [-0.1, -0.05) is 6.42 Å². The smallest absolute Gasteiger partial charge is 0.139 e. The van der Waals surface area contributed by atoms with E-state index in [9.17, 15) is 9.59 Å². The number of fused-ring (bicyclic) bond motifs is 2. The monoisotopic (exact) mass is 152 g/mol. The molecule has 0 amide bonds. The normalized spacial score (nSPS) is 37.5. The third kappa shape index (κ3) is 1.10. The van der Waals surface area contributed by atoms with E-state index in [1.54, 1.807) is 0 Å². The van der Waals surface area contributed by atoms with E-state index in [1.807, 2.05) is 0 Å². The standard InChI is InChI=1S/C9H12O2/c10-8-4-6-2-1-3-7(5-8)9(6)11/h6-7H,1-5H2/t6-,7-/m0/s1. The Kier molecular flexibility index (Phi) is 1.55. The lowest BCUT2D eigenvalue weighted by Crippen LogP contribution is -2.36. The summed E-state index contributed by atoms with van der Waals surface area (Å²) in [6.07, 6.45) is 4.14. The Morgan fingerprint density at radius 3 is 2.09 bits per heavy atom. The molecule has 2 nitrogen and oxygen atoms in total. The van der Waals surface area contributed by atoms with Crippen LogP contribution in [0.2, 0.25) is 0 Å². The van der Waals surface area contributed by atoms with E-state index in [-0.39, 0.29) is 11.8 Å². The highest BCUT2D eigenvalue weighted by molar-refractivity contribution is 5.96. The van der Waals surface area contributed by atoms with Gasteiger partial charge in [-0.3, -0.25) is 9.59 Å². The predicted molar refractivity (Wildman–Crippen MR) is 40.1 cm³/mol. The molecule has 0 spiro atoms. The van der Waals surface area contributed by atoms with Crippen LogP contribution < -0.4 is 0 Å². The molecule has 0 unspecified atom stereocenters. The number of ketones is 2. The Balaban J connectivity index is 2.19. The van der Waals surface area contributed by atoms with E-state index in [0.29, 0.717) is 24.4 Å². The summed E-state index contributed by atoms with van der Waals surface area (Å²) in [7, 11) is 0. The van der Waals surface area contributed by atoms with Crippen LogP contribution in [0.25, 0.3) is 0 Å². The Bertz CT molecular complexity index is 190. The summed E-state index contributed by atoms with van der Waals surface area (Å²) >= 11 is 0. The van der Waals surface area contributed by atoms with Crippen molar-refractivity contribution in [2.45, 2.75) is 32.1 Å². The minimum atomic E-state index is 0.106. The van der Waals surface area contributed by atoms with E-state index >= 15 is 0 Å². The SMILES string of the molecule is O=C1C[C@@H]2CCC[C@@H](C1)C2=O. The van der Waals surface area contributed by atoms with Crippen LogP contribution in [0.3, 0.4) is 0 Å². The molecule has 0 radical (unpaired) electrons. The molecule has 0 heterocycles. The average molecular weight is 152 g/mol. The third-order valence-corrected chi connectivity index (χ3v) is 2.86. The molecule has 2 atom stereocenters. The summed E-state index contributed by atoms with van der Waals surface area (Å²) in [5, 5.41) is 0. The largest absolute Gasteiger partial charge is 0.300 e. The number of carbonyl (C=O) groups is 2. The number of carbonyl (C=O) groups excluding carboxylic acids is 2. The van der Waals surface area contributed by atoms with Gasteiger partial charge in [-0.25, -0.2) is 0 Å². The summed E-state index contributed by atoms with van der Waals surface area (Å²) < 4.78 is 0. The molecular formula is C9H12O2. The number of rotatable bonds is 0. The van der Waals surface area contributed by atoms with Crippen molar-refractivity contribution in [3.8, 4) is 0 Å². The van der Waals surface area contributed by atoms with Crippen LogP contribution >= 0.6 is 0 Å². The molecule has 2 fully saturated rings. The number of hydrogen-bond donors (Lipinski definition) is 0. The van der Waals surface area contributed by atoms with Gasteiger partial charge in [0.1, 0.15) is 11.6 Å². The molecule has 0 aromatic carbocycles. The summed E-state index contributed by atoms with van der Waals surface area (Å²) in [6.45, 7) is 0. The molecule has 0 aliphatic heterocycles. The van der Waals surface area contributed by atoms with E-state index in [1.165, 1.54) is 0 Å². The second kappa shape index (κ2) is 2.43. The molecule has 0 aromatic rings. The molecular weight excluding hydrogens is 140 g/mol. The zero-order chi connectivity index (χ0) is 7.84. The van der Waals surface area contributed by atoms with Gasteiger partial charge in [-0.15, -0.1) is 0 Å². The lowest BCUT2D eigenvalue weighted by atomic mass is 9.71. The maximum absolute atomic E-state index is 11.4. The molecule has 0 N–H and O–H groups in total. The molecule has 2 bridgehead atoms. The number of Topliss-reactive ketones (excluding diaryl/α,β-unsaturated/α-hetero) is 2. The lowest BCUT2D eigenvalue weighted by molar-refractivity contribution is -0.139. The van der Waals surface area contributed by atoms with E-state index in [0.717, 1.165) is 19.3 Å². The first-order valence-corrected chi connectivity index (χ1v) is 4.33. The fourth-order valence-corrected chi connectivity index (χ4v) is 2.27. The van der Waals surface area contributed by atoms with Crippen LogP contribution in [0.4, 0.5) is 0 Å². The van der Waals surface area contributed by atoms with Crippen LogP contribution in [0.1, 0.15) is 32.1 Å². The maximum atomic E-state index is 11.4. The van der Waals surface area contributed by atoms with Crippen molar-refractivity contribution in [2.24, 2.45) is 11.8 Å². The van der Waals surface area contributed by atoms with Crippen molar-refractivity contribution < 1.29 is 9.59 Å². The molecule has 0 saturated heterocycles. The van der Waals surface area contributed by atoms with Gasteiger partial charge in [0.25, 0.3) is 0 Å². The van der Waals surface area contributed by atoms with Gasteiger partial charge in [-0.2, -0.15) is 0 Å². The zero-order valence-electron chi connectivity index (χ0n) is 6.51. The van der Waals surface area contributed by atoms with Crippen molar-refractivity contribution >= 4 is 11.6 Å². The molecule has 2 rings (SSSR count). The van der Waals surface area contributed by atoms with Gasteiger partial charge >= 0.3 is 0 Å². The van der Waals surface area contributed by atoms with Crippen LogP contribution in [0, 0.1) is 11.8 Å². The first kappa shape index (κ1) is 7.01. The summed E-state index contributed by atoms with van der Waals surface area (Å²) in [5.74, 6) is 0.889. The minimum Gasteiger partial charge on any atom is -0.300 e. The molecule has 2 aliphatic rings. The second-order valence-electron chi connectivity index (χ2n) is 3.67. The van der Waals surface area contributed by atoms with Crippen molar-refractivity contribution in [2.75, 3.05) is 0 Å². The van der Waals surface area contributed by atoms with E-state index in [2.05, 4.69) is 0 Å². The zero-order valence-corrected chi connectivity index (χ0v) is 6.51. The minimum absolute atomic E-state index is 0.106. The highest BCUT2D eigenvalue weighted by Crippen LogP contribution is 2.34. The Labute approximate surface area is 66.0 Å². The molecule has 2 aliphatic carbocycles. The van der Waals surface area contributed by atoms with Gasteiger partial charge in [0.15, 0.2) is 0 Å². The van der Waals surface area contributed by atoms with Crippen LogP contribution in [0.5, 0.6) is 0 Å².